The van der Waals surface area contributed by atoms with E-state index in [9.17, 15) is 9.59 Å². The number of H-pyrrole nitrogens is 1. The molecule has 2 heterocycles. The van der Waals surface area contributed by atoms with Crippen LogP contribution < -0.4 is 11.0 Å². The summed E-state index contributed by atoms with van der Waals surface area (Å²) in [4.78, 5) is 26.6. The fourth-order valence-corrected chi connectivity index (χ4v) is 1.53. The average Bonchev–Trinajstić information content (AvgIpc) is 2.85. The summed E-state index contributed by atoms with van der Waals surface area (Å²) < 4.78 is 1.25. The third-order valence-corrected chi connectivity index (χ3v) is 2.49. The van der Waals surface area contributed by atoms with Crippen molar-refractivity contribution in [3.05, 3.63) is 46.9 Å². The zero-order valence-electron chi connectivity index (χ0n) is 9.83. The quantitative estimate of drug-likeness (QED) is 0.785. The standard InChI is InChI=1S/C11H13N5O2/c1-8(9-5-13-14-6-9)15-10(17)7-16-4-2-3-12-11(16)18/h2-6,8H,7H2,1H3,(H,13,14)(H,15,17). The maximum atomic E-state index is 11.7. The van der Waals surface area contributed by atoms with Gasteiger partial charge in [0.15, 0.2) is 0 Å². The summed E-state index contributed by atoms with van der Waals surface area (Å²) in [7, 11) is 0. The Bertz CT molecular complexity index is 575. The number of nitrogens with zero attached hydrogens (tertiary/aromatic N) is 3. The summed E-state index contributed by atoms with van der Waals surface area (Å²) in [6.45, 7) is 1.80. The molecule has 0 aliphatic rings. The number of aromatic nitrogens is 4. The van der Waals surface area contributed by atoms with E-state index in [-0.39, 0.29) is 18.5 Å². The van der Waals surface area contributed by atoms with Crippen molar-refractivity contribution in [2.24, 2.45) is 0 Å². The maximum Gasteiger partial charge on any atom is 0.347 e. The third kappa shape index (κ3) is 2.82. The van der Waals surface area contributed by atoms with Crippen LogP contribution in [0.2, 0.25) is 0 Å². The molecule has 1 atom stereocenters. The second kappa shape index (κ2) is 5.26. The molecule has 2 aromatic heterocycles. The van der Waals surface area contributed by atoms with E-state index in [1.54, 1.807) is 18.5 Å². The smallest absolute Gasteiger partial charge is 0.347 e. The number of amides is 1. The van der Waals surface area contributed by atoms with Crippen LogP contribution in [0.3, 0.4) is 0 Å². The molecule has 7 nitrogen and oxygen atoms in total. The molecule has 0 fully saturated rings. The zero-order chi connectivity index (χ0) is 13.0. The molecule has 0 aliphatic carbocycles. The normalized spacial score (nSPS) is 12.1. The van der Waals surface area contributed by atoms with Crippen molar-refractivity contribution >= 4 is 5.91 Å². The highest BCUT2D eigenvalue weighted by molar-refractivity contribution is 5.76. The van der Waals surface area contributed by atoms with Crippen molar-refractivity contribution in [1.82, 2.24) is 25.1 Å². The molecule has 7 heteroatoms. The first kappa shape index (κ1) is 12.0. The molecule has 0 aliphatic heterocycles. The topological polar surface area (TPSA) is 92.7 Å². The van der Waals surface area contributed by atoms with Gasteiger partial charge in [0.25, 0.3) is 0 Å². The van der Waals surface area contributed by atoms with E-state index in [0.717, 1.165) is 5.56 Å². The van der Waals surface area contributed by atoms with Crippen molar-refractivity contribution in [2.75, 3.05) is 0 Å². The van der Waals surface area contributed by atoms with E-state index in [0.29, 0.717) is 0 Å². The Hall–Kier alpha value is -2.44. The van der Waals surface area contributed by atoms with Crippen molar-refractivity contribution < 1.29 is 4.79 Å². The first-order valence-electron chi connectivity index (χ1n) is 5.46. The first-order chi connectivity index (χ1) is 8.66. The number of hydrogen-bond donors (Lipinski definition) is 2. The summed E-state index contributed by atoms with van der Waals surface area (Å²) in [6.07, 6.45) is 6.27. The van der Waals surface area contributed by atoms with E-state index >= 15 is 0 Å². The average molecular weight is 247 g/mol. The summed E-state index contributed by atoms with van der Waals surface area (Å²) in [5, 5.41) is 9.25. The van der Waals surface area contributed by atoms with Gasteiger partial charge in [-0.2, -0.15) is 5.10 Å². The molecule has 1 amide bonds. The van der Waals surface area contributed by atoms with E-state index < -0.39 is 5.69 Å². The molecule has 0 bridgehead atoms. The number of hydrogen-bond acceptors (Lipinski definition) is 4. The van der Waals surface area contributed by atoms with Gasteiger partial charge in [-0.15, -0.1) is 0 Å². The molecule has 0 saturated carbocycles. The highest BCUT2D eigenvalue weighted by Crippen LogP contribution is 2.08. The van der Waals surface area contributed by atoms with Crippen LogP contribution in [0.1, 0.15) is 18.5 Å². The predicted molar refractivity (Wildman–Crippen MR) is 63.6 cm³/mol. The molecule has 0 spiro atoms. The molecule has 94 valence electrons. The van der Waals surface area contributed by atoms with Crippen molar-refractivity contribution in [3.8, 4) is 0 Å². The summed E-state index contributed by atoms with van der Waals surface area (Å²) in [5.41, 5.74) is 0.436. The Morgan fingerprint density at radius 2 is 2.44 bits per heavy atom. The van der Waals surface area contributed by atoms with Crippen LogP contribution in [0.25, 0.3) is 0 Å². The van der Waals surface area contributed by atoms with Gasteiger partial charge in [0.2, 0.25) is 5.91 Å². The van der Waals surface area contributed by atoms with E-state index in [2.05, 4.69) is 20.5 Å². The molecular weight excluding hydrogens is 234 g/mol. The maximum absolute atomic E-state index is 11.7. The molecule has 2 N–H and O–H groups in total. The lowest BCUT2D eigenvalue weighted by Crippen LogP contribution is -2.34. The number of carbonyl (C=O) groups excluding carboxylic acids is 1. The molecule has 0 radical (unpaired) electrons. The fraction of sp³-hybridized carbons (Fsp3) is 0.273. The van der Waals surface area contributed by atoms with E-state index in [1.165, 1.54) is 17.0 Å². The lowest BCUT2D eigenvalue weighted by molar-refractivity contribution is -0.122. The van der Waals surface area contributed by atoms with Crippen LogP contribution in [0, 0.1) is 0 Å². The molecule has 2 rings (SSSR count). The minimum Gasteiger partial charge on any atom is -0.348 e. The van der Waals surface area contributed by atoms with Gasteiger partial charge in [0.1, 0.15) is 6.54 Å². The van der Waals surface area contributed by atoms with Gasteiger partial charge < -0.3 is 5.32 Å². The van der Waals surface area contributed by atoms with Crippen LogP contribution in [0.5, 0.6) is 0 Å². The fourth-order valence-electron chi connectivity index (χ4n) is 1.53. The van der Waals surface area contributed by atoms with Gasteiger partial charge in [0.05, 0.1) is 12.2 Å². The van der Waals surface area contributed by atoms with Crippen LogP contribution in [0.15, 0.2) is 35.6 Å². The monoisotopic (exact) mass is 247 g/mol. The van der Waals surface area contributed by atoms with Gasteiger partial charge >= 0.3 is 5.69 Å². The van der Waals surface area contributed by atoms with Crippen molar-refractivity contribution in [2.45, 2.75) is 19.5 Å². The first-order valence-corrected chi connectivity index (χ1v) is 5.46. The van der Waals surface area contributed by atoms with Crippen LogP contribution >= 0.6 is 0 Å². The van der Waals surface area contributed by atoms with E-state index in [4.69, 9.17) is 0 Å². The number of carbonyl (C=O) groups is 1. The highest BCUT2D eigenvalue weighted by Gasteiger charge is 2.11. The van der Waals surface area contributed by atoms with Crippen molar-refractivity contribution in [3.63, 3.8) is 0 Å². The van der Waals surface area contributed by atoms with Gasteiger partial charge in [-0.3, -0.25) is 14.5 Å². The number of rotatable bonds is 4. The lowest BCUT2D eigenvalue weighted by atomic mass is 10.2. The number of nitrogens with one attached hydrogen (secondary N) is 2. The Kier molecular flexibility index (Phi) is 3.52. The highest BCUT2D eigenvalue weighted by atomic mass is 16.2. The summed E-state index contributed by atoms with van der Waals surface area (Å²) in [5.74, 6) is -0.251. The van der Waals surface area contributed by atoms with Crippen LogP contribution in [-0.2, 0) is 11.3 Å². The van der Waals surface area contributed by atoms with Gasteiger partial charge in [-0.1, -0.05) is 0 Å². The number of aromatic amines is 1. The minimum atomic E-state index is -0.441. The molecule has 18 heavy (non-hydrogen) atoms. The Balaban J connectivity index is 1.97. The summed E-state index contributed by atoms with van der Waals surface area (Å²) in [6, 6.07) is 1.44. The minimum absolute atomic E-state index is 0.0468. The lowest BCUT2D eigenvalue weighted by Gasteiger charge is -2.12. The third-order valence-electron chi connectivity index (χ3n) is 2.49. The van der Waals surface area contributed by atoms with Gasteiger partial charge in [-0.25, -0.2) is 9.78 Å². The zero-order valence-corrected chi connectivity index (χ0v) is 9.83. The Morgan fingerprint density at radius 1 is 1.61 bits per heavy atom. The molecule has 1 unspecified atom stereocenters. The van der Waals surface area contributed by atoms with Gasteiger partial charge in [-0.05, 0) is 13.0 Å². The molecule has 0 saturated heterocycles. The van der Waals surface area contributed by atoms with Crippen molar-refractivity contribution in [1.29, 1.82) is 0 Å². The Labute approximate surface area is 103 Å². The molecular formula is C11H13N5O2. The van der Waals surface area contributed by atoms with E-state index in [1.807, 2.05) is 6.92 Å². The second-order valence-corrected chi connectivity index (χ2v) is 3.85. The SMILES string of the molecule is CC(NC(=O)Cn1cccnc1=O)c1cn[nH]c1. The molecule has 2 aromatic rings. The Morgan fingerprint density at radius 3 is 3.11 bits per heavy atom. The summed E-state index contributed by atoms with van der Waals surface area (Å²) >= 11 is 0. The second-order valence-electron chi connectivity index (χ2n) is 3.85. The predicted octanol–water partition coefficient (Wildman–Crippen LogP) is -0.156. The molecule has 0 aromatic carbocycles. The largest absolute Gasteiger partial charge is 0.348 e. The van der Waals surface area contributed by atoms with Gasteiger partial charge in [0, 0.05) is 24.2 Å². The van der Waals surface area contributed by atoms with Crippen LogP contribution in [-0.4, -0.2) is 25.7 Å². The van der Waals surface area contributed by atoms with Crippen LogP contribution in [0.4, 0.5) is 0 Å².